The van der Waals surface area contributed by atoms with Crippen LogP contribution in [0.4, 0.5) is 0 Å². The van der Waals surface area contributed by atoms with Gasteiger partial charge in [0.2, 0.25) is 0 Å². The monoisotopic (exact) mass is 262 g/mol. The van der Waals surface area contributed by atoms with Crippen molar-refractivity contribution >= 4 is 5.91 Å². The van der Waals surface area contributed by atoms with E-state index >= 15 is 0 Å². The van der Waals surface area contributed by atoms with Gasteiger partial charge in [0.05, 0.1) is 5.56 Å². The van der Waals surface area contributed by atoms with Crippen LogP contribution in [0.3, 0.4) is 0 Å². The van der Waals surface area contributed by atoms with E-state index in [0.717, 1.165) is 19.1 Å². The maximum atomic E-state index is 12.3. The van der Waals surface area contributed by atoms with E-state index in [4.69, 9.17) is 0 Å². The standard InChI is InChI=1S/C14H18N2O3/c17-11-3-4-12(13(18)9-11)14(19)16-7-5-15(6-8-16)10-1-2-10/h3-4,9-10,17-18H,1-2,5-8H2. The van der Waals surface area contributed by atoms with Gasteiger partial charge in [-0.1, -0.05) is 0 Å². The van der Waals surface area contributed by atoms with Gasteiger partial charge in [-0.2, -0.15) is 0 Å². The average Bonchev–Trinajstić information content (AvgIpc) is 3.22. The van der Waals surface area contributed by atoms with Gasteiger partial charge in [-0.15, -0.1) is 0 Å². The van der Waals surface area contributed by atoms with Gasteiger partial charge in [-0.3, -0.25) is 9.69 Å². The SMILES string of the molecule is O=C(c1ccc(O)cc1O)N1CCN(C2CC2)CC1. The zero-order valence-corrected chi connectivity index (χ0v) is 10.7. The molecular formula is C14H18N2O3. The molecular weight excluding hydrogens is 244 g/mol. The third-order valence-corrected chi connectivity index (χ3v) is 3.88. The first kappa shape index (κ1) is 12.3. The van der Waals surface area contributed by atoms with Crippen LogP contribution in [0.15, 0.2) is 18.2 Å². The van der Waals surface area contributed by atoms with Gasteiger partial charge in [0.1, 0.15) is 11.5 Å². The lowest BCUT2D eigenvalue weighted by atomic mass is 10.1. The Bertz CT molecular complexity index is 491. The van der Waals surface area contributed by atoms with Crippen LogP contribution >= 0.6 is 0 Å². The maximum absolute atomic E-state index is 12.3. The first-order valence-corrected chi connectivity index (χ1v) is 6.70. The molecule has 0 bridgehead atoms. The predicted octanol–water partition coefficient (Wildman–Crippen LogP) is 1.02. The van der Waals surface area contributed by atoms with E-state index in [2.05, 4.69) is 4.90 Å². The molecule has 2 N–H and O–H groups in total. The molecule has 1 aliphatic carbocycles. The number of carbonyl (C=O) groups excluding carboxylic acids is 1. The van der Waals surface area contributed by atoms with Crippen molar-refractivity contribution in [1.29, 1.82) is 0 Å². The third-order valence-electron chi connectivity index (χ3n) is 3.88. The summed E-state index contributed by atoms with van der Waals surface area (Å²) in [6.45, 7) is 3.23. The van der Waals surface area contributed by atoms with Crippen LogP contribution in [0.1, 0.15) is 23.2 Å². The van der Waals surface area contributed by atoms with E-state index in [1.54, 1.807) is 4.90 Å². The van der Waals surface area contributed by atoms with Crippen LogP contribution in [0, 0.1) is 0 Å². The third kappa shape index (κ3) is 2.51. The van der Waals surface area contributed by atoms with E-state index < -0.39 is 0 Å². The lowest BCUT2D eigenvalue weighted by Gasteiger charge is -2.34. The molecule has 5 heteroatoms. The molecule has 3 rings (SSSR count). The lowest BCUT2D eigenvalue weighted by Crippen LogP contribution is -2.49. The summed E-state index contributed by atoms with van der Waals surface area (Å²) in [5, 5.41) is 19.0. The molecule has 0 atom stereocenters. The highest BCUT2D eigenvalue weighted by Crippen LogP contribution is 2.28. The van der Waals surface area contributed by atoms with Crippen molar-refractivity contribution in [1.82, 2.24) is 9.80 Å². The van der Waals surface area contributed by atoms with Crippen LogP contribution in [0.2, 0.25) is 0 Å². The van der Waals surface area contributed by atoms with Crippen molar-refractivity contribution in [2.45, 2.75) is 18.9 Å². The second-order valence-corrected chi connectivity index (χ2v) is 5.26. The summed E-state index contributed by atoms with van der Waals surface area (Å²) < 4.78 is 0. The molecule has 102 valence electrons. The Morgan fingerprint density at radius 2 is 1.79 bits per heavy atom. The molecule has 0 spiro atoms. The molecule has 1 saturated carbocycles. The van der Waals surface area contributed by atoms with Crippen LogP contribution in [0.5, 0.6) is 11.5 Å². The van der Waals surface area contributed by atoms with Crippen molar-refractivity contribution < 1.29 is 15.0 Å². The van der Waals surface area contributed by atoms with Crippen LogP contribution in [-0.2, 0) is 0 Å². The minimum absolute atomic E-state index is 0.0346. The molecule has 19 heavy (non-hydrogen) atoms. The molecule has 0 radical (unpaired) electrons. The van der Waals surface area contributed by atoms with Crippen molar-refractivity contribution in [2.75, 3.05) is 26.2 Å². The number of piperazine rings is 1. The summed E-state index contributed by atoms with van der Waals surface area (Å²) >= 11 is 0. The topological polar surface area (TPSA) is 64.0 Å². The summed E-state index contributed by atoms with van der Waals surface area (Å²) in [4.78, 5) is 16.5. The van der Waals surface area contributed by atoms with E-state index in [1.165, 1.54) is 31.0 Å². The maximum Gasteiger partial charge on any atom is 0.257 e. The van der Waals surface area contributed by atoms with Gasteiger partial charge in [0, 0.05) is 38.3 Å². The molecule has 1 aromatic rings. The Morgan fingerprint density at radius 3 is 2.37 bits per heavy atom. The Kier molecular flexibility index (Phi) is 3.06. The molecule has 1 saturated heterocycles. The first-order valence-electron chi connectivity index (χ1n) is 6.70. The van der Waals surface area contributed by atoms with Crippen molar-refractivity contribution in [3.63, 3.8) is 0 Å². The Hall–Kier alpha value is -1.75. The first-order chi connectivity index (χ1) is 9.15. The zero-order valence-electron chi connectivity index (χ0n) is 10.7. The quantitative estimate of drug-likeness (QED) is 0.835. The molecule has 5 nitrogen and oxygen atoms in total. The second-order valence-electron chi connectivity index (χ2n) is 5.26. The largest absolute Gasteiger partial charge is 0.508 e. The summed E-state index contributed by atoms with van der Waals surface area (Å²) in [6, 6.07) is 4.83. The van der Waals surface area contributed by atoms with Gasteiger partial charge in [0.25, 0.3) is 5.91 Å². The van der Waals surface area contributed by atoms with Crippen LogP contribution in [-0.4, -0.2) is 58.1 Å². The van der Waals surface area contributed by atoms with E-state index in [9.17, 15) is 15.0 Å². The number of phenolic OH excluding ortho intramolecular Hbond substituents is 2. The Labute approximate surface area is 112 Å². The number of benzene rings is 1. The fourth-order valence-corrected chi connectivity index (χ4v) is 2.60. The molecule has 1 amide bonds. The summed E-state index contributed by atoms with van der Waals surface area (Å²) in [5.41, 5.74) is 0.262. The number of hydrogen-bond donors (Lipinski definition) is 2. The van der Waals surface area contributed by atoms with Crippen LogP contribution in [0.25, 0.3) is 0 Å². The van der Waals surface area contributed by atoms with Crippen LogP contribution < -0.4 is 0 Å². The molecule has 0 unspecified atom stereocenters. The number of carbonyl (C=O) groups is 1. The summed E-state index contributed by atoms with van der Waals surface area (Å²) in [7, 11) is 0. The molecule has 2 aliphatic rings. The van der Waals surface area contributed by atoms with Gasteiger partial charge in [0.15, 0.2) is 0 Å². The average molecular weight is 262 g/mol. The van der Waals surface area contributed by atoms with E-state index in [-0.39, 0.29) is 23.0 Å². The van der Waals surface area contributed by atoms with Crippen molar-refractivity contribution in [2.24, 2.45) is 0 Å². The van der Waals surface area contributed by atoms with Gasteiger partial charge >= 0.3 is 0 Å². The minimum Gasteiger partial charge on any atom is -0.508 e. The number of amides is 1. The zero-order chi connectivity index (χ0) is 13.4. The highest BCUT2D eigenvalue weighted by molar-refractivity contribution is 5.97. The predicted molar refractivity (Wildman–Crippen MR) is 70.3 cm³/mol. The number of nitrogens with zero attached hydrogens (tertiary/aromatic N) is 2. The second kappa shape index (κ2) is 4.74. The number of aromatic hydroxyl groups is 2. The fraction of sp³-hybridized carbons (Fsp3) is 0.500. The van der Waals surface area contributed by atoms with E-state index in [1.807, 2.05) is 0 Å². The molecule has 2 fully saturated rings. The molecule has 1 aliphatic heterocycles. The number of hydrogen-bond acceptors (Lipinski definition) is 4. The Morgan fingerprint density at radius 1 is 1.11 bits per heavy atom. The highest BCUT2D eigenvalue weighted by atomic mass is 16.3. The lowest BCUT2D eigenvalue weighted by molar-refractivity contribution is 0.0624. The Balaban J connectivity index is 1.67. The summed E-state index contributed by atoms with van der Waals surface area (Å²) in [6.07, 6.45) is 2.57. The molecule has 1 aromatic carbocycles. The summed E-state index contributed by atoms with van der Waals surface area (Å²) in [5.74, 6) is -0.352. The van der Waals surface area contributed by atoms with Crippen molar-refractivity contribution in [3.05, 3.63) is 23.8 Å². The normalized spacial score (nSPS) is 20.5. The number of rotatable bonds is 2. The highest BCUT2D eigenvalue weighted by Gasteiger charge is 2.32. The van der Waals surface area contributed by atoms with Crippen molar-refractivity contribution in [3.8, 4) is 11.5 Å². The van der Waals surface area contributed by atoms with E-state index in [0.29, 0.717) is 13.1 Å². The van der Waals surface area contributed by atoms with Gasteiger partial charge in [-0.25, -0.2) is 0 Å². The van der Waals surface area contributed by atoms with Gasteiger partial charge < -0.3 is 15.1 Å². The smallest absolute Gasteiger partial charge is 0.257 e. The molecule has 1 heterocycles. The van der Waals surface area contributed by atoms with Gasteiger partial charge in [-0.05, 0) is 25.0 Å². The number of phenols is 2. The minimum atomic E-state index is -0.159. The fourth-order valence-electron chi connectivity index (χ4n) is 2.60. The molecule has 0 aromatic heterocycles.